The minimum Gasteiger partial charge on any atom is -0.440 e. The van der Waals surface area contributed by atoms with Gasteiger partial charge in [-0.2, -0.15) is 16.8 Å². The molecule has 0 bridgehead atoms. The molecule has 0 rings (SSSR count). The Morgan fingerprint density at radius 2 is 1.64 bits per heavy atom. The highest BCUT2D eigenvalue weighted by Crippen LogP contribution is 2.06. The molecule has 3 N–H and O–H groups in total. The van der Waals surface area contributed by atoms with Gasteiger partial charge in [0.05, 0.1) is 11.3 Å². The minimum absolute atomic E-state index is 0.00157. The van der Waals surface area contributed by atoms with Crippen LogP contribution in [0.1, 0.15) is 27.2 Å². The summed E-state index contributed by atoms with van der Waals surface area (Å²) >= 11 is 0. The van der Waals surface area contributed by atoms with Crippen LogP contribution < -0.4 is 5.32 Å². The highest BCUT2D eigenvalue weighted by Gasteiger charge is 2.25. The summed E-state index contributed by atoms with van der Waals surface area (Å²) in [5.41, 5.74) is -2.50. The van der Waals surface area contributed by atoms with Crippen molar-refractivity contribution in [3.05, 3.63) is 25.3 Å². The monoisotopic (exact) mass is 401 g/mol. The van der Waals surface area contributed by atoms with E-state index in [1.807, 2.05) is 0 Å². The first kappa shape index (κ1) is 25.5. The van der Waals surface area contributed by atoms with Gasteiger partial charge >= 0.3 is 16.1 Å². The Morgan fingerprint density at radius 1 is 1.16 bits per heavy atom. The Bertz CT molecular complexity index is 693. The molecule has 25 heavy (non-hydrogen) atoms. The predicted molar refractivity (Wildman–Crippen MR) is 90.8 cm³/mol. The summed E-state index contributed by atoms with van der Waals surface area (Å²) in [6.07, 6.45) is 1.86. The molecule has 0 fully saturated rings. The first-order valence-electron chi connectivity index (χ1n) is 6.77. The molecule has 12 heteroatoms. The Kier molecular flexibility index (Phi) is 10.5. The van der Waals surface area contributed by atoms with Crippen LogP contribution in [0.25, 0.3) is 0 Å². The van der Waals surface area contributed by atoms with Gasteiger partial charge in [0.15, 0.2) is 0 Å². The van der Waals surface area contributed by atoms with E-state index in [4.69, 9.17) is 9.11 Å². The van der Waals surface area contributed by atoms with Crippen LogP contribution >= 0.6 is 0 Å². The van der Waals surface area contributed by atoms with E-state index in [-0.39, 0.29) is 6.42 Å². The molecule has 0 saturated carbocycles. The molecule has 0 aromatic rings. The summed E-state index contributed by atoms with van der Waals surface area (Å²) in [6.45, 7) is 10.7. The van der Waals surface area contributed by atoms with Gasteiger partial charge in [-0.25, -0.2) is 4.79 Å². The fraction of sp³-hybridized carbons (Fsp3) is 0.538. The van der Waals surface area contributed by atoms with Gasteiger partial charge in [0.2, 0.25) is 11.3 Å². The van der Waals surface area contributed by atoms with Gasteiger partial charge in [-0.3, -0.25) is 13.9 Å². The van der Waals surface area contributed by atoms with E-state index in [9.17, 15) is 26.4 Å². The van der Waals surface area contributed by atoms with Crippen LogP contribution in [-0.4, -0.2) is 54.5 Å². The average Bonchev–Trinajstić information content (AvgIpc) is 2.40. The quantitative estimate of drug-likeness (QED) is 0.294. The standard InChI is InChI=1S/C7H13NO4S.C6H10O5S/c1-4-6(9)8-7(2,3)5-13(10,11)12;1-3-5(7)11-6(4-2)12(8,9)10/h4H,1,5H2,2-3H3,(H,8,9)(H,10,11,12);3,6H,1,4H2,2H3,(H,8,9,10). The molecule has 0 aliphatic heterocycles. The molecule has 1 amide bonds. The van der Waals surface area contributed by atoms with Gasteiger partial charge in [-0.1, -0.05) is 20.1 Å². The maximum atomic E-state index is 10.8. The number of nitrogens with one attached hydrogen (secondary N) is 1. The normalized spacial score (nSPS) is 12.8. The number of rotatable bonds is 8. The summed E-state index contributed by atoms with van der Waals surface area (Å²) in [6, 6.07) is 0. The second kappa shape index (κ2) is 10.3. The fourth-order valence-electron chi connectivity index (χ4n) is 1.41. The van der Waals surface area contributed by atoms with Crippen molar-refractivity contribution in [3.63, 3.8) is 0 Å². The third-order valence-electron chi connectivity index (χ3n) is 2.27. The zero-order chi connectivity index (χ0) is 20.5. The molecular formula is C13H23NO9S2. The molecule has 0 spiro atoms. The molecule has 0 aromatic carbocycles. The van der Waals surface area contributed by atoms with E-state index in [2.05, 4.69) is 23.2 Å². The highest BCUT2D eigenvalue weighted by atomic mass is 32.2. The van der Waals surface area contributed by atoms with Crippen molar-refractivity contribution in [3.8, 4) is 0 Å². The van der Waals surface area contributed by atoms with Crippen molar-refractivity contribution in [2.24, 2.45) is 0 Å². The molecule has 0 radical (unpaired) electrons. The third-order valence-corrected chi connectivity index (χ3v) is 4.45. The molecule has 0 saturated heterocycles. The number of amides is 1. The number of carbonyl (C=O) groups excluding carboxylic acids is 2. The van der Waals surface area contributed by atoms with Crippen molar-refractivity contribution in [2.45, 2.75) is 38.2 Å². The Labute approximate surface area is 147 Å². The van der Waals surface area contributed by atoms with Crippen LogP contribution in [0.4, 0.5) is 0 Å². The zero-order valence-electron chi connectivity index (χ0n) is 14.1. The van der Waals surface area contributed by atoms with E-state index in [0.29, 0.717) is 0 Å². The second-order valence-corrected chi connectivity index (χ2v) is 8.31. The van der Waals surface area contributed by atoms with E-state index < -0.39 is 48.8 Å². The van der Waals surface area contributed by atoms with Crippen LogP contribution in [0.2, 0.25) is 0 Å². The summed E-state index contributed by atoms with van der Waals surface area (Å²) in [7, 11) is -8.40. The van der Waals surface area contributed by atoms with E-state index >= 15 is 0 Å². The average molecular weight is 401 g/mol. The van der Waals surface area contributed by atoms with Gasteiger partial charge in [-0.15, -0.1) is 0 Å². The summed E-state index contributed by atoms with van der Waals surface area (Å²) < 4.78 is 63.2. The van der Waals surface area contributed by atoms with E-state index in [1.54, 1.807) is 0 Å². The minimum atomic E-state index is -4.31. The van der Waals surface area contributed by atoms with E-state index in [1.165, 1.54) is 20.8 Å². The largest absolute Gasteiger partial charge is 0.440 e. The Morgan fingerprint density at radius 3 is 1.92 bits per heavy atom. The lowest BCUT2D eigenvalue weighted by molar-refractivity contribution is -0.139. The topological polar surface area (TPSA) is 164 Å². The highest BCUT2D eigenvalue weighted by molar-refractivity contribution is 7.86. The van der Waals surface area contributed by atoms with Crippen molar-refractivity contribution < 1.29 is 40.3 Å². The Balaban J connectivity index is 0. The fourth-order valence-corrected chi connectivity index (χ4v) is 3.03. The molecule has 146 valence electrons. The molecule has 1 atom stereocenters. The summed E-state index contributed by atoms with van der Waals surface area (Å²) in [5.74, 6) is -1.88. The Hall–Kier alpha value is -1.76. The van der Waals surface area contributed by atoms with Gasteiger partial charge < -0.3 is 10.1 Å². The van der Waals surface area contributed by atoms with Crippen molar-refractivity contribution in [1.82, 2.24) is 5.32 Å². The molecule has 10 nitrogen and oxygen atoms in total. The van der Waals surface area contributed by atoms with Crippen LogP contribution in [-0.2, 0) is 34.6 Å². The molecular weight excluding hydrogens is 378 g/mol. The molecule has 0 aliphatic carbocycles. The van der Waals surface area contributed by atoms with E-state index in [0.717, 1.165) is 12.2 Å². The van der Waals surface area contributed by atoms with Crippen LogP contribution in [0.5, 0.6) is 0 Å². The number of hydrogen-bond donors (Lipinski definition) is 3. The molecule has 1 unspecified atom stereocenters. The SMILES string of the molecule is C=CC(=O)NC(C)(C)CS(=O)(=O)O.C=CC(=O)OC(CC)S(=O)(=O)O. The van der Waals surface area contributed by atoms with Crippen molar-refractivity contribution in [2.75, 3.05) is 5.75 Å². The van der Waals surface area contributed by atoms with Crippen LogP contribution in [0, 0.1) is 0 Å². The summed E-state index contributed by atoms with van der Waals surface area (Å²) in [4.78, 5) is 21.3. The van der Waals surface area contributed by atoms with Gasteiger partial charge in [0, 0.05) is 6.08 Å². The first-order valence-corrected chi connectivity index (χ1v) is 9.88. The van der Waals surface area contributed by atoms with Gasteiger partial charge in [-0.05, 0) is 26.3 Å². The number of carbonyl (C=O) groups is 2. The maximum Gasteiger partial charge on any atom is 0.331 e. The lowest BCUT2D eigenvalue weighted by Gasteiger charge is -2.23. The van der Waals surface area contributed by atoms with Crippen molar-refractivity contribution in [1.29, 1.82) is 0 Å². The van der Waals surface area contributed by atoms with Crippen molar-refractivity contribution >= 4 is 32.1 Å². The smallest absolute Gasteiger partial charge is 0.331 e. The lowest BCUT2D eigenvalue weighted by atomic mass is 10.1. The second-order valence-electron chi connectivity index (χ2n) is 5.30. The number of hydrogen-bond acceptors (Lipinski definition) is 7. The summed E-state index contributed by atoms with van der Waals surface area (Å²) in [5, 5.41) is 2.37. The zero-order valence-corrected chi connectivity index (χ0v) is 15.8. The van der Waals surface area contributed by atoms with Crippen LogP contribution in [0.15, 0.2) is 25.3 Å². The number of ether oxygens (including phenoxy) is 1. The first-order chi connectivity index (χ1) is 11.1. The van der Waals surface area contributed by atoms with Crippen LogP contribution in [0.3, 0.4) is 0 Å². The lowest BCUT2D eigenvalue weighted by Crippen LogP contribution is -2.47. The number of esters is 1. The third kappa shape index (κ3) is 14.3. The van der Waals surface area contributed by atoms with Gasteiger partial charge in [0.1, 0.15) is 0 Å². The molecule has 0 aliphatic rings. The van der Waals surface area contributed by atoms with Gasteiger partial charge in [0.25, 0.3) is 10.1 Å². The predicted octanol–water partition coefficient (Wildman–Crippen LogP) is 0.295. The molecule has 0 heterocycles. The maximum absolute atomic E-state index is 10.8. The molecule has 0 aromatic heterocycles.